The Morgan fingerprint density at radius 2 is 1.54 bits per heavy atom. The molecule has 4 nitrogen and oxygen atoms in total. The molecule has 0 N–H and O–H groups in total. The summed E-state index contributed by atoms with van der Waals surface area (Å²) in [6.07, 6.45) is 1.75. The highest BCUT2D eigenvalue weighted by atomic mass is 16.2. The normalized spacial score (nSPS) is 10.4. The maximum atomic E-state index is 12.8. The fourth-order valence-electron chi connectivity index (χ4n) is 2.80. The summed E-state index contributed by atoms with van der Waals surface area (Å²) in [7, 11) is 1.99. The highest BCUT2D eigenvalue weighted by Gasteiger charge is 2.16. The minimum atomic E-state index is -0.0507. The molecule has 1 heterocycles. The molecule has 0 fully saturated rings. The van der Waals surface area contributed by atoms with E-state index in [0.29, 0.717) is 18.8 Å². The van der Waals surface area contributed by atoms with Gasteiger partial charge in [-0.05, 0) is 36.8 Å². The van der Waals surface area contributed by atoms with E-state index in [1.54, 1.807) is 17.2 Å². The van der Waals surface area contributed by atoms with Crippen LogP contribution in [0.1, 0.15) is 23.0 Å². The fraction of sp³-hybridized carbons (Fsp3) is 0.182. The molecule has 0 bridgehead atoms. The SMILES string of the molecule is CCN(Cc1ccccc1)C(=O)c1ccc(N(C)c2ccccc2)cn1. The maximum absolute atomic E-state index is 12.8. The maximum Gasteiger partial charge on any atom is 0.272 e. The minimum Gasteiger partial charge on any atom is -0.343 e. The van der Waals surface area contributed by atoms with Crippen LogP contribution in [0.25, 0.3) is 0 Å². The number of hydrogen-bond acceptors (Lipinski definition) is 3. The molecule has 0 spiro atoms. The third-order valence-electron chi connectivity index (χ3n) is 4.38. The highest BCUT2D eigenvalue weighted by Crippen LogP contribution is 2.22. The first-order valence-corrected chi connectivity index (χ1v) is 8.77. The van der Waals surface area contributed by atoms with Crippen molar-refractivity contribution < 1.29 is 4.79 Å². The molecule has 0 atom stereocenters. The van der Waals surface area contributed by atoms with Crippen LogP contribution in [0, 0.1) is 0 Å². The van der Waals surface area contributed by atoms with Gasteiger partial charge in [-0.15, -0.1) is 0 Å². The predicted octanol–water partition coefficient (Wildman–Crippen LogP) is 4.51. The van der Waals surface area contributed by atoms with Crippen molar-refractivity contribution in [3.05, 3.63) is 90.3 Å². The summed E-state index contributed by atoms with van der Waals surface area (Å²) >= 11 is 0. The molecule has 0 saturated carbocycles. The second kappa shape index (κ2) is 8.30. The zero-order valence-corrected chi connectivity index (χ0v) is 15.2. The number of rotatable bonds is 6. The van der Waals surface area contributed by atoms with Gasteiger partial charge in [-0.2, -0.15) is 0 Å². The number of pyridine rings is 1. The van der Waals surface area contributed by atoms with Crippen LogP contribution in [-0.4, -0.2) is 29.4 Å². The molecule has 1 amide bonds. The molecule has 0 aliphatic carbocycles. The summed E-state index contributed by atoms with van der Waals surface area (Å²) in [4.78, 5) is 21.0. The minimum absolute atomic E-state index is 0.0507. The quantitative estimate of drug-likeness (QED) is 0.659. The van der Waals surface area contributed by atoms with E-state index in [4.69, 9.17) is 0 Å². The molecule has 2 aromatic carbocycles. The lowest BCUT2D eigenvalue weighted by Crippen LogP contribution is -2.31. The van der Waals surface area contributed by atoms with Crippen LogP contribution in [-0.2, 0) is 6.54 Å². The van der Waals surface area contributed by atoms with Gasteiger partial charge in [-0.25, -0.2) is 4.98 Å². The average molecular weight is 345 g/mol. The Balaban J connectivity index is 1.73. The number of aromatic nitrogens is 1. The molecule has 26 heavy (non-hydrogen) atoms. The van der Waals surface area contributed by atoms with Gasteiger partial charge in [0.2, 0.25) is 0 Å². The van der Waals surface area contributed by atoms with Gasteiger partial charge in [0.1, 0.15) is 5.69 Å². The van der Waals surface area contributed by atoms with Crippen molar-refractivity contribution in [3.63, 3.8) is 0 Å². The van der Waals surface area contributed by atoms with Gasteiger partial charge in [0.25, 0.3) is 5.91 Å². The van der Waals surface area contributed by atoms with Crippen LogP contribution in [0.15, 0.2) is 79.0 Å². The first kappa shape index (κ1) is 17.7. The van der Waals surface area contributed by atoms with Crippen molar-refractivity contribution in [2.75, 3.05) is 18.5 Å². The summed E-state index contributed by atoms with van der Waals surface area (Å²) < 4.78 is 0. The fourth-order valence-corrected chi connectivity index (χ4v) is 2.80. The van der Waals surface area contributed by atoms with Gasteiger partial charge < -0.3 is 9.80 Å². The smallest absolute Gasteiger partial charge is 0.272 e. The number of nitrogens with zero attached hydrogens (tertiary/aromatic N) is 3. The summed E-state index contributed by atoms with van der Waals surface area (Å²) in [5.41, 5.74) is 3.60. The Morgan fingerprint density at radius 1 is 0.885 bits per heavy atom. The molecular weight excluding hydrogens is 322 g/mol. The molecule has 0 aliphatic rings. The Labute approximate surface area is 154 Å². The number of carbonyl (C=O) groups is 1. The van der Waals surface area contributed by atoms with Gasteiger partial charge in [0, 0.05) is 25.8 Å². The monoisotopic (exact) mass is 345 g/mol. The lowest BCUT2D eigenvalue weighted by molar-refractivity contribution is 0.0746. The molecule has 0 radical (unpaired) electrons. The van der Waals surface area contributed by atoms with Crippen molar-refractivity contribution in [3.8, 4) is 0 Å². The molecule has 0 aliphatic heterocycles. The number of para-hydroxylation sites is 1. The molecule has 3 aromatic rings. The van der Waals surface area contributed by atoms with Crippen LogP contribution in [0.4, 0.5) is 11.4 Å². The van der Waals surface area contributed by atoms with E-state index in [9.17, 15) is 4.79 Å². The van der Waals surface area contributed by atoms with E-state index >= 15 is 0 Å². The third kappa shape index (κ3) is 4.09. The summed E-state index contributed by atoms with van der Waals surface area (Å²) in [6.45, 7) is 3.21. The Hall–Kier alpha value is -3.14. The number of carbonyl (C=O) groups excluding carboxylic acids is 1. The van der Waals surface area contributed by atoms with Crippen molar-refractivity contribution >= 4 is 17.3 Å². The molecule has 0 saturated heterocycles. The van der Waals surface area contributed by atoms with E-state index in [0.717, 1.165) is 16.9 Å². The summed E-state index contributed by atoms with van der Waals surface area (Å²) in [6, 6.07) is 23.8. The average Bonchev–Trinajstić information content (AvgIpc) is 2.72. The second-order valence-electron chi connectivity index (χ2n) is 6.10. The van der Waals surface area contributed by atoms with Crippen molar-refractivity contribution in [2.24, 2.45) is 0 Å². The third-order valence-corrected chi connectivity index (χ3v) is 4.38. The number of anilines is 2. The van der Waals surface area contributed by atoms with Gasteiger partial charge in [0.15, 0.2) is 0 Å². The highest BCUT2D eigenvalue weighted by molar-refractivity contribution is 5.92. The largest absolute Gasteiger partial charge is 0.343 e. The Kier molecular flexibility index (Phi) is 5.64. The van der Waals surface area contributed by atoms with E-state index in [2.05, 4.69) is 4.98 Å². The molecular formula is C22H23N3O. The van der Waals surface area contributed by atoms with Gasteiger partial charge >= 0.3 is 0 Å². The number of amides is 1. The van der Waals surface area contributed by atoms with Crippen molar-refractivity contribution in [2.45, 2.75) is 13.5 Å². The Bertz CT molecular complexity index is 832. The second-order valence-corrected chi connectivity index (χ2v) is 6.10. The molecule has 1 aromatic heterocycles. The van der Waals surface area contributed by atoms with Gasteiger partial charge in [-0.3, -0.25) is 4.79 Å². The molecule has 0 unspecified atom stereocenters. The van der Waals surface area contributed by atoms with E-state index in [1.165, 1.54) is 0 Å². The van der Waals surface area contributed by atoms with Crippen LogP contribution in [0.5, 0.6) is 0 Å². The zero-order valence-electron chi connectivity index (χ0n) is 15.2. The molecule has 132 valence electrons. The van der Waals surface area contributed by atoms with Crippen LogP contribution in [0.3, 0.4) is 0 Å². The standard InChI is InChI=1S/C22H23N3O/c1-3-25(17-18-10-6-4-7-11-18)22(26)21-15-14-20(16-23-21)24(2)19-12-8-5-9-13-19/h4-16H,3,17H2,1-2H3. The molecule has 3 rings (SSSR count). The lowest BCUT2D eigenvalue weighted by Gasteiger charge is -2.22. The molecule has 4 heteroatoms. The van der Waals surface area contributed by atoms with Gasteiger partial charge in [-0.1, -0.05) is 48.5 Å². The zero-order chi connectivity index (χ0) is 18.4. The van der Waals surface area contributed by atoms with Crippen molar-refractivity contribution in [1.29, 1.82) is 0 Å². The van der Waals surface area contributed by atoms with Crippen molar-refractivity contribution in [1.82, 2.24) is 9.88 Å². The van der Waals surface area contributed by atoms with E-state index in [-0.39, 0.29) is 5.91 Å². The van der Waals surface area contributed by atoms with Crippen LogP contribution < -0.4 is 4.90 Å². The number of benzene rings is 2. The Morgan fingerprint density at radius 3 is 2.12 bits per heavy atom. The first-order valence-electron chi connectivity index (χ1n) is 8.77. The van der Waals surface area contributed by atoms with E-state index < -0.39 is 0 Å². The van der Waals surface area contributed by atoms with Gasteiger partial charge in [0.05, 0.1) is 11.9 Å². The van der Waals surface area contributed by atoms with Crippen LogP contribution >= 0.6 is 0 Å². The number of hydrogen-bond donors (Lipinski definition) is 0. The first-order chi connectivity index (χ1) is 12.7. The predicted molar refractivity (Wildman–Crippen MR) is 106 cm³/mol. The van der Waals surface area contributed by atoms with Crippen LogP contribution in [0.2, 0.25) is 0 Å². The topological polar surface area (TPSA) is 36.4 Å². The summed E-state index contributed by atoms with van der Waals surface area (Å²) in [5, 5.41) is 0. The van der Waals surface area contributed by atoms with E-state index in [1.807, 2.05) is 85.6 Å². The summed E-state index contributed by atoms with van der Waals surface area (Å²) in [5.74, 6) is -0.0507. The lowest BCUT2D eigenvalue weighted by atomic mass is 10.2.